The summed E-state index contributed by atoms with van der Waals surface area (Å²) in [6.45, 7) is 2.13. The van der Waals surface area contributed by atoms with Gasteiger partial charge in [0.15, 0.2) is 0 Å². The second kappa shape index (κ2) is 4.62. The molecule has 1 unspecified atom stereocenters. The molecule has 3 rings (SSSR count). The number of aryl methyl sites for hydroxylation is 2. The molecule has 1 aromatic carbocycles. The Balaban J connectivity index is 2.29. The van der Waals surface area contributed by atoms with Crippen molar-refractivity contribution >= 4 is 10.9 Å². The first kappa shape index (κ1) is 12.1. The van der Waals surface area contributed by atoms with E-state index < -0.39 is 0 Å². The van der Waals surface area contributed by atoms with Gasteiger partial charge in [-0.05, 0) is 49.3 Å². The summed E-state index contributed by atoms with van der Waals surface area (Å²) in [4.78, 5) is 3.53. The van der Waals surface area contributed by atoms with Crippen molar-refractivity contribution in [3.63, 3.8) is 0 Å². The van der Waals surface area contributed by atoms with E-state index in [1.54, 1.807) is 7.11 Å². The molecule has 3 nitrogen and oxygen atoms in total. The SMILES string of the molecule is COc1ccc(C)c2c3c([nH]c12)CCCC3CC#N. The number of fused-ring (bicyclic) bond motifs is 3. The Bertz CT molecular complexity index is 663. The fourth-order valence-electron chi connectivity index (χ4n) is 3.33. The topological polar surface area (TPSA) is 48.8 Å². The van der Waals surface area contributed by atoms with Gasteiger partial charge in [0.2, 0.25) is 0 Å². The minimum absolute atomic E-state index is 0.369. The maximum atomic E-state index is 9.04. The number of hydrogen-bond donors (Lipinski definition) is 1. The first-order valence-corrected chi connectivity index (χ1v) is 6.81. The predicted molar refractivity (Wildman–Crippen MR) is 75.5 cm³/mol. The van der Waals surface area contributed by atoms with Gasteiger partial charge in [-0.25, -0.2) is 0 Å². The largest absolute Gasteiger partial charge is 0.495 e. The summed E-state index contributed by atoms with van der Waals surface area (Å²) in [6, 6.07) is 6.45. The molecular formula is C16H18N2O. The van der Waals surface area contributed by atoms with Gasteiger partial charge < -0.3 is 9.72 Å². The predicted octanol–water partition coefficient (Wildman–Crippen LogP) is 3.82. The second-order valence-electron chi connectivity index (χ2n) is 5.30. The molecule has 19 heavy (non-hydrogen) atoms. The van der Waals surface area contributed by atoms with Crippen LogP contribution in [-0.4, -0.2) is 12.1 Å². The van der Waals surface area contributed by atoms with Gasteiger partial charge in [0.1, 0.15) is 5.75 Å². The van der Waals surface area contributed by atoms with E-state index in [1.807, 2.05) is 6.07 Å². The van der Waals surface area contributed by atoms with Crippen LogP contribution in [0.5, 0.6) is 5.75 Å². The lowest BCUT2D eigenvalue weighted by Gasteiger charge is -2.21. The van der Waals surface area contributed by atoms with Crippen LogP contribution in [0, 0.1) is 18.3 Å². The van der Waals surface area contributed by atoms with Gasteiger partial charge in [-0.15, -0.1) is 0 Å². The van der Waals surface area contributed by atoms with Crippen molar-refractivity contribution in [2.24, 2.45) is 0 Å². The summed E-state index contributed by atoms with van der Waals surface area (Å²) in [6.07, 6.45) is 3.96. The molecule has 2 aromatic rings. The molecule has 98 valence electrons. The molecule has 0 saturated heterocycles. The Morgan fingerprint density at radius 1 is 1.47 bits per heavy atom. The van der Waals surface area contributed by atoms with Crippen LogP contribution in [0.3, 0.4) is 0 Å². The minimum atomic E-state index is 0.369. The van der Waals surface area contributed by atoms with Crippen LogP contribution >= 0.6 is 0 Å². The van der Waals surface area contributed by atoms with Crippen LogP contribution in [0.4, 0.5) is 0 Å². The molecule has 0 saturated carbocycles. The molecule has 0 bridgehead atoms. The highest BCUT2D eigenvalue weighted by Crippen LogP contribution is 2.42. The molecular weight excluding hydrogens is 236 g/mol. The zero-order valence-electron chi connectivity index (χ0n) is 11.4. The van der Waals surface area contributed by atoms with Crippen molar-refractivity contribution in [3.8, 4) is 11.8 Å². The van der Waals surface area contributed by atoms with Crippen molar-refractivity contribution in [1.29, 1.82) is 5.26 Å². The molecule has 0 fully saturated rings. The van der Waals surface area contributed by atoms with Crippen LogP contribution < -0.4 is 4.74 Å². The van der Waals surface area contributed by atoms with E-state index in [1.165, 1.54) is 22.2 Å². The number of ether oxygens (including phenoxy) is 1. The summed E-state index contributed by atoms with van der Waals surface area (Å²) in [7, 11) is 1.71. The molecule has 1 aliphatic rings. The number of H-pyrrole nitrogens is 1. The van der Waals surface area contributed by atoms with E-state index in [2.05, 4.69) is 24.0 Å². The zero-order chi connectivity index (χ0) is 13.4. The summed E-state index contributed by atoms with van der Waals surface area (Å²) < 4.78 is 5.46. The lowest BCUT2D eigenvalue weighted by molar-refractivity contribution is 0.419. The molecule has 1 aliphatic carbocycles. The molecule has 1 heterocycles. The van der Waals surface area contributed by atoms with E-state index in [0.717, 1.165) is 30.5 Å². The molecule has 1 N–H and O–H groups in total. The third-order valence-electron chi connectivity index (χ3n) is 4.19. The minimum Gasteiger partial charge on any atom is -0.495 e. The number of hydrogen-bond acceptors (Lipinski definition) is 2. The highest BCUT2D eigenvalue weighted by molar-refractivity contribution is 5.93. The molecule has 1 atom stereocenters. The number of nitriles is 1. The van der Waals surface area contributed by atoms with Crippen LogP contribution in [0.2, 0.25) is 0 Å². The van der Waals surface area contributed by atoms with Gasteiger partial charge >= 0.3 is 0 Å². The van der Waals surface area contributed by atoms with Gasteiger partial charge in [-0.2, -0.15) is 5.26 Å². The Labute approximate surface area is 113 Å². The Morgan fingerprint density at radius 2 is 2.32 bits per heavy atom. The maximum Gasteiger partial charge on any atom is 0.142 e. The van der Waals surface area contributed by atoms with Crippen molar-refractivity contribution in [3.05, 3.63) is 29.0 Å². The lowest BCUT2D eigenvalue weighted by atomic mass is 9.82. The van der Waals surface area contributed by atoms with Crippen molar-refractivity contribution in [1.82, 2.24) is 4.98 Å². The Hall–Kier alpha value is -1.95. The zero-order valence-corrected chi connectivity index (χ0v) is 11.4. The molecule has 0 radical (unpaired) electrons. The van der Waals surface area contributed by atoms with Crippen LogP contribution in [0.25, 0.3) is 10.9 Å². The van der Waals surface area contributed by atoms with E-state index in [-0.39, 0.29) is 0 Å². The summed E-state index contributed by atoms with van der Waals surface area (Å²) in [5, 5.41) is 10.3. The number of methoxy groups -OCH3 is 1. The Morgan fingerprint density at radius 3 is 3.05 bits per heavy atom. The lowest BCUT2D eigenvalue weighted by Crippen LogP contribution is -2.08. The molecule has 0 amide bonds. The van der Waals surface area contributed by atoms with Crippen LogP contribution in [0.1, 0.15) is 42.0 Å². The summed E-state index contributed by atoms with van der Waals surface area (Å²) in [5.41, 5.74) is 5.02. The monoisotopic (exact) mass is 254 g/mol. The Kier molecular flexibility index (Phi) is 2.94. The van der Waals surface area contributed by atoms with Gasteiger partial charge in [0.25, 0.3) is 0 Å². The first-order valence-electron chi connectivity index (χ1n) is 6.81. The van der Waals surface area contributed by atoms with Crippen LogP contribution in [0.15, 0.2) is 12.1 Å². The molecule has 0 aliphatic heterocycles. The van der Waals surface area contributed by atoms with Crippen LogP contribution in [-0.2, 0) is 6.42 Å². The van der Waals surface area contributed by atoms with E-state index in [4.69, 9.17) is 10.00 Å². The first-order chi connectivity index (χ1) is 9.26. The smallest absolute Gasteiger partial charge is 0.142 e. The fourth-order valence-corrected chi connectivity index (χ4v) is 3.33. The normalized spacial score (nSPS) is 18.1. The van der Waals surface area contributed by atoms with Crippen molar-refractivity contribution in [2.45, 2.75) is 38.5 Å². The average Bonchev–Trinajstić information content (AvgIpc) is 2.81. The van der Waals surface area contributed by atoms with Gasteiger partial charge in [0.05, 0.1) is 18.7 Å². The fraction of sp³-hybridized carbons (Fsp3) is 0.438. The number of nitrogens with one attached hydrogen (secondary N) is 1. The molecule has 1 aromatic heterocycles. The van der Waals surface area contributed by atoms with Crippen molar-refractivity contribution < 1.29 is 4.74 Å². The molecule has 0 spiro atoms. The second-order valence-corrected chi connectivity index (χ2v) is 5.30. The summed E-state index contributed by atoms with van der Waals surface area (Å²) in [5.74, 6) is 1.26. The number of rotatable bonds is 2. The number of aromatic amines is 1. The number of benzene rings is 1. The quantitative estimate of drug-likeness (QED) is 0.885. The third-order valence-corrected chi connectivity index (χ3v) is 4.19. The number of aromatic nitrogens is 1. The van der Waals surface area contributed by atoms with Gasteiger partial charge in [0, 0.05) is 17.5 Å². The maximum absolute atomic E-state index is 9.04. The van der Waals surface area contributed by atoms with Gasteiger partial charge in [-0.1, -0.05) is 6.07 Å². The molecule has 3 heteroatoms. The summed E-state index contributed by atoms with van der Waals surface area (Å²) >= 11 is 0. The highest BCUT2D eigenvalue weighted by atomic mass is 16.5. The van der Waals surface area contributed by atoms with E-state index in [9.17, 15) is 0 Å². The van der Waals surface area contributed by atoms with E-state index >= 15 is 0 Å². The third kappa shape index (κ3) is 1.79. The van der Waals surface area contributed by atoms with Gasteiger partial charge in [-0.3, -0.25) is 0 Å². The number of nitrogens with zero attached hydrogens (tertiary/aromatic N) is 1. The standard InChI is InChI=1S/C16H18N2O/c1-10-6-7-13(19-2)16-14(10)15-11(8-9-17)4-3-5-12(15)18-16/h6-7,11,18H,3-5,8H2,1-2H3. The van der Waals surface area contributed by atoms with E-state index in [0.29, 0.717) is 12.3 Å². The average molecular weight is 254 g/mol. The highest BCUT2D eigenvalue weighted by Gasteiger charge is 2.26. The van der Waals surface area contributed by atoms with Crippen molar-refractivity contribution in [2.75, 3.05) is 7.11 Å².